The van der Waals surface area contributed by atoms with Crippen LogP contribution in [0.5, 0.6) is 0 Å². The maximum Gasteiger partial charge on any atom is 0.323 e. The van der Waals surface area contributed by atoms with Gasteiger partial charge in [0.1, 0.15) is 12.2 Å². The van der Waals surface area contributed by atoms with Crippen molar-refractivity contribution in [3.63, 3.8) is 0 Å². The second kappa shape index (κ2) is 5.44. The molecule has 0 aromatic heterocycles. The van der Waals surface area contributed by atoms with E-state index in [9.17, 15) is 14.9 Å². The van der Waals surface area contributed by atoms with Crippen LogP contribution in [0.3, 0.4) is 0 Å². The fourth-order valence-electron chi connectivity index (χ4n) is 1.69. The van der Waals surface area contributed by atoms with Crippen molar-refractivity contribution < 1.29 is 14.8 Å². The lowest BCUT2D eigenvalue weighted by atomic mass is 10.0. The van der Waals surface area contributed by atoms with Crippen LogP contribution >= 0.6 is 11.6 Å². The van der Waals surface area contributed by atoms with Crippen molar-refractivity contribution in [3.05, 3.63) is 33.3 Å². The molecule has 6 nitrogen and oxygen atoms in total. The monoisotopic (exact) mass is 286 g/mol. The van der Waals surface area contributed by atoms with Gasteiger partial charge in [-0.25, -0.2) is 0 Å². The molecule has 0 aliphatic carbocycles. The molecule has 0 fully saturated rings. The van der Waals surface area contributed by atoms with Crippen LogP contribution in [0, 0.1) is 10.1 Å². The molecule has 0 saturated carbocycles. The fourth-order valence-corrected chi connectivity index (χ4v) is 1.85. The molecule has 0 bridgehead atoms. The topological polar surface area (TPSA) is 83.7 Å². The molecule has 7 heteroatoms. The molecule has 1 aromatic carbocycles. The van der Waals surface area contributed by atoms with Gasteiger partial charge in [-0.3, -0.25) is 14.9 Å². The van der Waals surface area contributed by atoms with Crippen molar-refractivity contribution in [1.29, 1.82) is 0 Å². The molecule has 1 rings (SSSR count). The predicted molar refractivity (Wildman–Crippen MR) is 72.8 cm³/mol. The van der Waals surface area contributed by atoms with Gasteiger partial charge in [0, 0.05) is 16.6 Å². The summed E-state index contributed by atoms with van der Waals surface area (Å²) in [6, 6.07) is 4.09. The zero-order valence-corrected chi connectivity index (χ0v) is 11.6. The SMILES string of the molecule is CC(C)(C)N(CC(=O)O)c1cc(Cl)ccc1[N+](=O)[O-]. The van der Waals surface area contributed by atoms with Crippen molar-refractivity contribution in [3.8, 4) is 0 Å². The van der Waals surface area contributed by atoms with E-state index in [2.05, 4.69) is 0 Å². The third-order valence-corrected chi connectivity index (χ3v) is 2.76. The number of anilines is 1. The minimum Gasteiger partial charge on any atom is -0.480 e. The lowest BCUT2D eigenvalue weighted by Gasteiger charge is -2.36. The Bertz CT molecular complexity index is 511. The third kappa shape index (κ3) is 3.82. The minimum atomic E-state index is -1.07. The summed E-state index contributed by atoms with van der Waals surface area (Å²) in [7, 11) is 0. The Kier molecular flexibility index (Phi) is 4.36. The zero-order chi connectivity index (χ0) is 14.8. The number of aliphatic carboxylic acids is 1. The Morgan fingerprint density at radius 3 is 2.47 bits per heavy atom. The summed E-state index contributed by atoms with van der Waals surface area (Å²) in [5, 5.41) is 20.3. The van der Waals surface area contributed by atoms with Gasteiger partial charge in [-0.1, -0.05) is 11.6 Å². The van der Waals surface area contributed by atoms with E-state index in [1.165, 1.54) is 23.1 Å². The molecule has 1 N–H and O–H groups in total. The van der Waals surface area contributed by atoms with Crippen LogP contribution in [0.2, 0.25) is 5.02 Å². The fraction of sp³-hybridized carbons (Fsp3) is 0.417. The van der Waals surface area contributed by atoms with Crippen LogP contribution in [0.1, 0.15) is 20.8 Å². The number of nitrogens with zero attached hydrogens (tertiary/aromatic N) is 2. The number of hydrogen-bond donors (Lipinski definition) is 1. The molecule has 0 heterocycles. The first-order valence-corrected chi connectivity index (χ1v) is 5.94. The van der Waals surface area contributed by atoms with Crippen molar-refractivity contribution >= 4 is 28.9 Å². The van der Waals surface area contributed by atoms with Crippen molar-refractivity contribution in [2.24, 2.45) is 0 Å². The van der Waals surface area contributed by atoms with Crippen molar-refractivity contribution in [2.45, 2.75) is 26.3 Å². The number of nitro benzene ring substituents is 1. The number of rotatable bonds is 4. The van der Waals surface area contributed by atoms with Gasteiger partial charge in [0.2, 0.25) is 0 Å². The number of nitro groups is 1. The number of carboxylic acids is 1. The molecule has 0 aliphatic rings. The zero-order valence-electron chi connectivity index (χ0n) is 10.9. The molecule has 19 heavy (non-hydrogen) atoms. The number of benzene rings is 1. The van der Waals surface area contributed by atoms with Gasteiger partial charge >= 0.3 is 5.97 Å². The van der Waals surface area contributed by atoms with E-state index < -0.39 is 16.4 Å². The maximum absolute atomic E-state index is 11.0. The lowest BCUT2D eigenvalue weighted by Crippen LogP contribution is -2.45. The molecule has 0 saturated heterocycles. The highest BCUT2D eigenvalue weighted by atomic mass is 35.5. The van der Waals surface area contributed by atoms with Crippen molar-refractivity contribution in [2.75, 3.05) is 11.4 Å². The highest BCUT2D eigenvalue weighted by Crippen LogP contribution is 2.34. The van der Waals surface area contributed by atoms with Gasteiger partial charge in [0.15, 0.2) is 0 Å². The molecule has 0 unspecified atom stereocenters. The average molecular weight is 287 g/mol. The average Bonchev–Trinajstić information content (AvgIpc) is 2.23. The summed E-state index contributed by atoms with van der Waals surface area (Å²) in [6.07, 6.45) is 0. The molecule has 0 amide bonds. The van der Waals surface area contributed by atoms with E-state index in [0.717, 1.165) is 0 Å². The number of carbonyl (C=O) groups is 1. The normalized spacial score (nSPS) is 11.2. The van der Waals surface area contributed by atoms with Crippen LogP contribution in [-0.2, 0) is 4.79 Å². The molecular formula is C12H15ClN2O4. The maximum atomic E-state index is 11.0. The Morgan fingerprint density at radius 1 is 1.47 bits per heavy atom. The van der Waals surface area contributed by atoms with Gasteiger partial charge in [0.05, 0.1) is 4.92 Å². The summed E-state index contributed by atoms with van der Waals surface area (Å²) in [5.74, 6) is -1.07. The van der Waals surface area contributed by atoms with Crippen LogP contribution in [0.15, 0.2) is 18.2 Å². The van der Waals surface area contributed by atoms with Crippen molar-refractivity contribution in [1.82, 2.24) is 0 Å². The van der Waals surface area contributed by atoms with Crippen LogP contribution in [-0.4, -0.2) is 28.1 Å². The Balaban J connectivity index is 3.40. The highest BCUT2D eigenvalue weighted by Gasteiger charge is 2.29. The summed E-state index contributed by atoms with van der Waals surface area (Å²) in [6.45, 7) is 4.99. The summed E-state index contributed by atoms with van der Waals surface area (Å²) < 4.78 is 0. The highest BCUT2D eigenvalue weighted by molar-refractivity contribution is 6.31. The summed E-state index contributed by atoms with van der Waals surface area (Å²) in [5.41, 5.74) is -0.554. The number of hydrogen-bond acceptors (Lipinski definition) is 4. The van der Waals surface area contributed by atoms with E-state index >= 15 is 0 Å². The third-order valence-electron chi connectivity index (χ3n) is 2.53. The molecular weight excluding hydrogens is 272 g/mol. The first kappa shape index (κ1) is 15.2. The summed E-state index contributed by atoms with van der Waals surface area (Å²) in [4.78, 5) is 22.9. The molecule has 0 aliphatic heterocycles. The van der Waals surface area contributed by atoms with E-state index in [0.29, 0.717) is 5.02 Å². The van der Waals surface area contributed by atoms with Crippen LogP contribution in [0.4, 0.5) is 11.4 Å². The molecule has 104 valence electrons. The molecule has 0 spiro atoms. The van der Waals surface area contributed by atoms with Crippen LogP contribution in [0.25, 0.3) is 0 Å². The Labute approximate surface area is 115 Å². The lowest BCUT2D eigenvalue weighted by molar-refractivity contribution is -0.384. The molecule has 0 radical (unpaired) electrons. The Morgan fingerprint density at radius 2 is 2.05 bits per heavy atom. The molecule has 1 aromatic rings. The second-order valence-electron chi connectivity index (χ2n) is 5.04. The standard InChI is InChI=1S/C12H15ClN2O4/c1-12(2,3)14(7-11(16)17)10-6-8(13)4-5-9(10)15(18)19/h4-6H,7H2,1-3H3,(H,16,17). The largest absolute Gasteiger partial charge is 0.480 e. The first-order valence-electron chi connectivity index (χ1n) is 5.56. The van der Waals surface area contributed by atoms with Gasteiger partial charge in [-0.05, 0) is 32.9 Å². The first-order chi connectivity index (χ1) is 8.62. The second-order valence-corrected chi connectivity index (χ2v) is 5.48. The van der Waals surface area contributed by atoms with Gasteiger partial charge in [0.25, 0.3) is 5.69 Å². The summed E-state index contributed by atoms with van der Waals surface area (Å²) >= 11 is 5.86. The van der Waals surface area contributed by atoms with Gasteiger partial charge < -0.3 is 10.0 Å². The Hall–Kier alpha value is -1.82. The minimum absolute atomic E-state index is 0.166. The van der Waals surface area contributed by atoms with Gasteiger partial charge in [-0.2, -0.15) is 0 Å². The van der Waals surface area contributed by atoms with Gasteiger partial charge in [-0.15, -0.1) is 0 Å². The number of carboxylic acid groups (broad SMARTS) is 1. The van der Waals surface area contributed by atoms with E-state index in [-0.39, 0.29) is 17.9 Å². The smallest absolute Gasteiger partial charge is 0.323 e. The quantitative estimate of drug-likeness (QED) is 0.679. The predicted octanol–water partition coefficient (Wildman–Crippen LogP) is 2.94. The number of halogens is 1. The van der Waals surface area contributed by atoms with E-state index in [4.69, 9.17) is 16.7 Å². The van der Waals surface area contributed by atoms with Crippen LogP contribution < -0.4 is 4.90 Å². The van der Waals surface area contributed by atoms with E-state index in [1.807, 2.05) is 0 Å². The molecule has 0 atom stereocenters. The van der Waals surface area contributed by atoms with E-state index in [1.54, 1.807) is 20.8 Å².